The SMILES string of the molecule is O=C(Cn1cnc([N+](=O)[O-])n1)Nc1c(Br)cc([N+](=O)[O-])cc1Br. The van der Waals surface area contributed by atoms with Gasteiger partial charge in [0, 0.05) is 26.2 Å². The Labute approximate surface area is 144 Å². The molecule has 1 N–H and O–H groups in total. The van der Waals surface area contributed by atoms with Crippen LogP contribution in [0, 0.1) is 20.2 Å². The van der Waals surface area contributed by atoms with Crippen molar-refractivity contribution in [1.29, 1.82) is 0 Å². The van der Waals surface area contributed by atoms with Gasteiger partial charge in [0.05, 0.1) is 10.6 Å². The minimum atomic E-state index is -0.780. The Bertz CT molecular complexity index is 784. The van der Waals surface area contributed by atoms with Crippen LogP contribution in [-0.4, -0.2) is 30.5 Å². The zero-order valence-corrected chi connectivity index (χ0v) is 14.1. The quantitative estimate of drug-likeness (QED) is 0.543. The van der Waals surface area contributed by atoms with Crippen LogP contribution in [0.2, 0.25) is 0 Å². The monoisotopic (exact) mass is 448 g/mol. The molecule has 2 aromatic rings. The van der Waals surface area contributed by atoms with Crippen molar-refractivity contribution in [3.63, 3.8) is 0 Å². The van der Waals surface area contributed by atoms with Gasteiger partial charge in [-0.05, 0) is 36.8 Å². The number of carbonyl (C=O) groups excluding carboxylic acids is 1. The van der Waals surface area contributed by atoms with Crippen molar-refractivity contribution in [3.05, 3.63) is 47.6 Å². The number of nitro groups is 2. The van der Waals surface area contributed by atoms with E-state index in [0.717, 1.165) is 11.0 Å². The smallest absolute Gasteiger partial charge is 0.390 e. The molecular weight excluding hydrogens is 444 g/mol. The number of anilines is 1. The van der Waals surface area contributed by atoms with Crippen molar-refractivity contribution in [2.45, 2.75) is 6.54 Å². The van der Waals surface area contributed by atoms with Gasteiger partial charge >= 0.3 is 5.95 Å². The zero-order chi connectivity index (χ0) is 17.1. The summed E-state index contributed by atoms with van der Waals surface area (Å²) >= 11 is 6.26. The maximum absolute atomic E-state index is 11.9. The number of nitrogens with one attached hydrogen (secondary N) is 1. The topological polar surface area (TPSA) is 146 Å². The van der Waals surface area contributed by atoms with E-state index >= 15 is 0 Å². The number of non-ortho nitro benzene ring substituents is 1. The molecule has 1 amide bonds. The van der Waals surface area contributed by atoms with Crippen molar-refractivity contribution < 1.29 is 14.6 Å². The fourth-order valence-corrected chi connectivity index (χ4v) is 2.92. The first kappa shape index (κ1) is 17.0. The Balaban J connectivity index is 2.13. The predicted molar refractivity (Wildman–Crippen MR) is 83.8 cm³/mol. The first-order valence-electron chi connectivity index (χ1n) is 5.75. The number of nitrogens with zero attached hydrogens (tertiary/aromatic N) is 5. The summed E-state index contributed by atoms with van der Waals surface area (Å²) in [5.41, 5.74) is 0.129. The maximum Gasteiger partial charge on any atom is 0.490 e. The van der Waals surface area contributed by atoms with E-state index in [1.807, 2.05) is 0 Å². The lowest BCUT2D eigenvalue weighted by atomic mass is 10.3. The average Bonchev–Trinajstić information content (AvgIpc) is 2.91. The Kier molecular flexibility index (Phi) is 5.00. The molecule has 0 aliphatic rings. The van der Waals surface area contributed by atoms with Crippen LogP contribution in [0.4, 0.5) is 17.3 Å². The number of nitro benzene ring substituents is 1. The standard InChI is InChI=1S/C10H6Br2N6O5/c11-6-1-5(17(20)21)2-7(12)9(6)14-8(19)3-16-4-13-10(15-16)18(22)23/h1-2,4H,3H2,(H,14,19). The molecule has 0 aliphatic carbocycles. The van der Waals surface area contributed by atoms with E-state index in [0.29, 0.717) is 8.95 Å². The highest BCUT2D eigenvalue weighted by Crippen LogP contribution is 2.35. The molecule has 11 nitrogen and oxygen atoms in total. The highest BCUT2D eigenvalue weighted by Gasteiger charge is 2.18. The lowest BCUT2D eigenvalue weighted by Gasteiger charge is -2.09. The highest BCUT2D eigenvalue weighted by molar-refractivity contribution is 9.11. The molecule has 0 radical (unpaired) electrons. The summed E-state index contributed by atoms with van der Waals surface area (Å²) in [4.78, 5) is 35.2. The van der Waals surface area contributed by atoms with Crippen molar-refractivity contribution in [2.75, 3.05) is 5.32 Å². The van der Waals surface area contributed by atoms with Gasteiger partial charge in [0.2, 0.25) is 12.2 Å². The average molecular weight is 450 g/mol. The van der Waals surface area contributed by atoms with Crippen LogP contribution < -0.4 is 5.32 Å². The molecule has 23 heavy (non-hydrogen) atoms. The molecule has 1 heterocycles. The highest BCUT2D eigenvalue weighted by atomic mass is 79.9. The maximum atomic E-state index is 11.9. The second-order valence-corrected chi connectivity index (χ2v) is 5.80. The number of amides is 1. The molecule has 0 fully saturated rings. The molecule has 1 aromatic heterocycles. The van der Waals surface area contributed by atoms with Gasteiger partial charge in [-0.1, -0.05) is 4.98 Å². The van der Waals surface area contributed by atoms with Crippen LogP contribution in [0.3, 0.4) is 0 Å². The molecule has 0 unspecified atom stereocenters. The van der Waals surface area contributed by atoms with Crippen LogP contribution in [0.15, 0.2) is 27.4 Å². The molecule has 0 saturated carbocycles. The van der Waals surface area contributed by atoms with Crippen molar-refractivity contribution in [1.82, 2.24) is 14.8 Å². The van der Waals surface area contributed by atoms with Gasteiger partial charge in [0.15, 0.2) is 0 Å². The number of aromatic nitrogens is 3. The summed E-state index contributed by atoms with van der Waals surface area (Å²) < 4.78 is 1.61. The first-order valence-corrected chi connectivity index (χ1v) is 7.33. The molecule has 2 rings (SSSR count). The Morgan fingerprint density at radius 2 is 1.83 bits per heavy atom. The number of halogens is 2. The van der Waals surface area contributed by atoms with Gasteiger partial charge < -0.3 is 15.4 Å². The molecular formula is C10H6Br2N6O5. The summed E-state index contributed by atoms with van der Waals surface area (Å²) in [5.74, 6) is -1.16. The molecule has 13 heteroatoms. The van der Waals surface area contributed by atoms with E-state index in [-0.39, 0.29) is 17.9 Å². The van der Waals surface area contributed by atoms with Crippen LogP contribution in [0.1, 0.15) is 0 Å². The minimum absolute atomic E-state index is 0.159. The zero-order valence-electron chi connectivity index (χ0n) is 11.0. The normalized spacial score (nSPS) is 10.3. The van der Waals surface area contributed by atoms with E-state index in [9.17, 15) is 25.0 Å². The third-order valence-electron chi connectivity index (χ3n) is 2.50. The fourth-order valence-electron chi connectivity index (χ4n) is 1.56. The number of hydrogen-bond donors (Lipinski definition) is 1. The van der Waals surface area contributed by atoms with Crippen LogP contribution in [0.5, 0.6) is 0 Å². The number of rotatable bonds is 5. The van der Waals surface area contributed by atoms with Gasteiger partial charge in [0.25, 0.3) is 5.69 Å². The van der Waals surface area contributed by atoms with Crippen molar-refractivity contribution in [2.24, 2.45) is 0 Å². The summed E-state index contributed by atoms with van der Waals surface area (Å²) in [6.45, 7) is -0.309. The van der Waals surface area contributed by atoms with E-state index in [4.69, 9.17) is 0 Å². The van der Waals surface area contributed by atoms with E-state index in [1.54, 1.807) is 0 Å². The third kappa shape index (κ3) is 4.07. The molecule has 0 spiro atoms. The molecule has 0 aliphatic heterocycles. The van der Waals surface area contributed by atoms with Gasteiger partial charge in [0.1, 0.15) is 6.54 Å². The van der Waals surface area contributed by atoms with Crippen LogP contribution in [0.25, 0.3) is 0 Å². The molecule has 1 aromatic carbocycles. The minimum Gasteiger partial charge on any atom is -0.390 e. The van der Waals surface area contributed by atoms with Gasteiger partial charge in [-0.15, -0.1) is 0 Å². The number of hydrogen-bond acceptors (Lipinski definition) is 7. The second kappa shape index (κ2) is 6.78. The predicted octanol–water partition coefficient (Wildman–Crippen LogP) is 2.26. The number of benzene rings is 1. The summed E-state index contributed by atoms with van der Waals surface area (Å²) in [6.07, 6.45) is 1.05. The van der Waals surface area contributed by atoms with E-state index < -0.39 is 21.7 Å². The van der Waals surface area contributed by atoms with Gasteiger partial charge in [-0.25, -0.2) is 0 Å². The summed E-state index contributed by atoms with van der Waals surface area (Å²) in [5, 5.41) is 27.2. The third-order valence-corrected chi connectivity index (χ3v) is 3.75. The first-order chi connectivity index (χ1) is 10.8. The van der Waals surface area contributed by atoms with E-state index in [1.165, 1.54) is 12.1 Å². The van der Waals surface area contributed by atoms with Crippen molar-refractivity contribution >= 4 is 55.1 Å². The Morgan fingerprint density at radius 3 is 2.30 bits per heavy atom. The molecule has 0 saturated heterocycles. The lowest BCUT2D eigenvalue weighted by molar-refractivity contribution is -0.394. The molecule has 0 bridgehead atoms. The van der Waals surface area contributed by atoms with E-state index in [2.05, 4.69) is 47.3 Å². The van der Waals surface area contributed by atoms with Crippen LogP contribution >= 0.6 is 31.9 Å². The fraction of sp³-hybridized carbons (Fsp3) is 0.100. The largest absolute Gasteiger partial charge is 0.490 e. The Morgan fingerprint density at radius 1 is 1.22 bits per heavy atom. The number of carbonyl (C=O) groups is 1. The molecule has 120 valence electrons. The lowest BCUT2D eigenvalue weighted by Crippen LogP contribution is -2.19. The summed E-state index contributed by atoms with van der Waals surface area (Å²) in [7, 11) is 0. The Hall–Kier alpha value is -2.41. The van der Waals surface area contributed by atoms with Gasteiger partial charge in [-0.3, -0.25) is 14.9 Å². The van der Waals surface area contributed by atoms with Crippen molar-refractivity contribution in [3.8, 4) is 0 Å². The summed E-state index contributed by atoms with van der Waals surface area (Å²) in [6, 6.07) is 2.47. The van der Waals surface area contributed by atoms with Gasteiger partial charge in [-0.2, -0.15) is 4.68 Å². The van der Waals surface area contributed by atoms with Crippen LogP contribution in [-0.2, 0) is 11.3 Å². The molecule has 0 atom stereocenters. The second-order valence-electron chi connectivity index (χ2n) is 4.09.